The van der Waals surface area contributed by atoms with Crippen molar-refractivity contribution in [2.24, 2.45) is 34.5 Å². The number of unbranched alkanes of at least 4 members (excludes halogenated alkanes) is 2. The van der Waals surface area contributed by atoms with Gasteiger partial charge >= 0.3 is 0 Å². The number of carbonyl (C=O) groups excluding carboxylic acids is 1. The number of aliphatic hydroxyl groups is 2. The van der Waals surface area contributed by atoms with Crippen molar-refractivity contribution >= 4 is 5.91 Å². The third-order valence-corrected chi connectivity index (χ3v) is 11.8. The van der Waals surface area contributed by atoms with Crippen LogP contribution in [0.1, 0.15) is 97.8 Å². The highest BCUT2D eigenvalue weighted by Gasteiger charge is 2.61. The highest BCUT2D eigenvalue weighted by atomic mass is 16.3. The van der Waals surface area contributed by atoms with E-state index >= 15 is 0 Å². The highest BCUT2D eigenvalue weighted by molar-refractivity contribution is 5.76. The number of rotatable bonds is 5. The minimum absolute atomic E-state index is 0.106. The second-order valence-electron chi connectivity index (χ2n) is 13.2. The molecule has 1 heterocycles. The summed E-state index contributed by atoms with van der Waals surface area (Å²) in [7, 11) is 0. The molecule has 0 radical (unpaired) electrons. The van der Waals surface area contributed by atoms with Crippen LogP contribution in [0.3, 0.4) is 0 Å². The zero-order chi connectivity index (χ0) is 24.1. The van der Waals surface area contributed by atoms with Gasteiger partial charge in [0, 0.05) is 38.6 Å². The number of aliphatic hydroxyl groups excluding tert-OH is 2. The van der Waals surface area contributed by atoms with Crippen molar-refractivity contribution in [2.45, 2.75) is 116 Å². The molecule has 1 aliphatic heterocycles. The molecule has 0 aromatic carbocycles. The molecule has 5 aliphatic rings. The SMILES string of the molecule is CCCCCC(=O)N1CCN([C@H]2C[C@@]3(C)[C@@H](CC[C@@H]4[C@@H]3CC[C@]3(C)[C@@H](O)CC[C@@H]43)C[C@@H]2O)CC1. The first-order valence-corrected chi connectivity index (χ1v) is 14.7. The molecule has 0 bridgehead atoms. The van der Waals surface area contributed by atoms with Crippen LogP contribution in [-0.2, 0) is 4.79 Å². The van der Waals surface area contributed by atoms with Crippen LogP contribution in [0.2, 0.25) is 0 Å². The molecule has 5 heteroatoms. The Morgan fingerprint density at radius 1 is 0.912 bits per heavy atom. The number of piperazine rings is 1. The number of amides is 1. The molecule has 0 unspecified atom stereocenters. The van der Waals surface area contributed by atoms with E-state index in [1.54, 1.807) is 0 Å². The van der Waals surface area contributed by atoms with Gasteiger partial charge in [-0.3, -0.25) is 9.69 Å². The van der Waals surface area contributed by atoms with E-state index in [1.165, 1.54) is 32.1 Å². The Morgan fingerprint density at radius 3 is 2.38 bits per heavy atom. The molecule has 0 spiro atoms. The lowest BCUT2D eigenvalue weighted by Gasteiger charge is -2.62. The molecule has 194 valence electrons. The molecule has 0 aromatic rings. The summed E-state index contributed by atoms with van der Waals surface area (Å²) in [5, 5.41) is 22.0. The smallest absolute Gasteiger partial charge is 0.222 e. The summed E-state index contributed by atoms with van der Waals surface area (Å²) in [5.41, 5.74) is 0.437. The normalized spacial score (nSPS) is 47.1. The van der Waals surface area contributed by atoms with E-state index in [1.807, 2.05) is 0 Å². The molecule has 1 amide bonds. The molecule has 9 atom stereocenters. The Labute approximate surface area is 207 Å². The second kappa shape index (κ2) is 9.67. The Hall–Kier alpha value is -0.650. The predicted octanol–water partition coefficient (Wildman–Crippen LogP) is 4.45. The van der Waals surface area contributed by atoms with E-state index in [4.69, 9.17) is 0 Å². The van der Waals surface area contributed by atoms with Gasteiger partial charge in [0.05, 0.1) is 12.2 Å². The molecule has 5 nitrogen and oxygen atoms in total. The van der Waals surface area contributed by atoms with E-state index in [2.05, 4.69) is 30.6 Å². The lowest BCUT2D eigenvalue weighted by Crippen LogP contribution is -2.62. The van der Waals surface area contributed by atoms with Gasteiger partial charge in [0.15, 0.2) is 0 Å². The van der Waals surface area contributed by atoms with Gasteiger partial charge in [-0.25, -0.2) is 0 Å². The van der Waals surface area contributed by atoms with Crippen molar-refractivity contribution in [3.05, 3.63) is 0 Å². The lowest BCUT2D eigenvalue weighted by atomic mass is 9.44. The molecule has 5 rings (SSSR count). The van der Waals surface area contributed by atoms with Gasteiger partial charge < -0.3 is 15.1 Å². The minimum atomic E-state index is -0.233. The van der Waals surface area contributed by atoms with Gasteiger partial charge in [-0.2, -0.15) is 0 Å². The summed E-state index contributed by atoms with van der Waals surface area (Å²) >= 11 is 0. The molecule has 0 aromatic heterocycles. The van der Waals surface area contributed by atoms with Crippen molar-refractivity contribution in [1.29, 1.82) is 0 Å². The van der Waals surface area contributed by atoms with E-state index < -0.39 is 0 Å². The fourth-order valence-electron chi connectivity index (χ4n) is 9.61. The van der Waals surface area contributed by atoms with Crippen LogP contribution in [-0.4, -0.2) is 70.3 Å². The van der Waals surface area contributed by atoms with Crippen LogP contribution in [0.4, 0.5) is 0 Å². The summed E-state index contributed by atoms with van der Waals surface area (Å²) in [6.45, 7) is 10.6. The van der Waals surface area contributed by atoms with Gasteiger partial charge in [-0.1, -0.05) is 33.6 Å². The Bertz CT molecular complexity index is 737. The maximum Gasteiger partial charge on any atom is 0.222 e. The fourth-order valence-corrected chi connectivity index (χ4v) is 9.61. The summed E-state index contributed by atoms with van der Waals surface area (Å²) < 4.78 is 0. The number of hydrogen-bond acceptors (Lipinski definition) is 4. The van der Waals surface area contributed by atoms with Crippen LogP contribution in [0.15, 0.2) is 0 Å². The first-order chi connectivity index (χ1) is 16.3. The van der Waals surface area contributed by atoms with E-state index in [0.717, 1.165) is 76.5 Å². The highest BCUT2D eigenvalue weighted by Crippen LogP contribution is 2.66. The minimum Gasteiger partial charge on any atom is -0.393 e. The van der Waals surface area contributed by atoms with Crippen LogP contribution in [0, 0.1) is 34.5 Å². The zero-order valence-electron chi connectivity index (χ0n) is 22.1. The van der Waals surface area contributed by atoms with Crippen molar-refractivity contribution in [3.63, 3.8) is 0 Å². The van der Waals surface area contributed by atoms with Crippen molar-refractivity contribution in [2.75, 3.05) is 26.2 Å². The van der Waals surface area contributed by atoms with Crippen LogP contribution in [0.5, 0.6) is 0 Å². The van der Waals surface area contributed by atoms with Crippen molar-refractivity contribution in [3.8, 4) is 0 Å². The molecule has 5 fully saturated rings. The Kier molecular flexibility index (Phi) is 7.11. The molecule has 4 aliphatic carbocycles. The standard InChI is InChI=1S/C29H50N2O3/c1-4-5-6-7-27(34)31-16-14-30(15-17-31)24-19-29(3)20(18-25(24)32)8-9-21-22-10-11-26(33)28(22,2)13-12-23(21)29/h20-26,32-33H,4-19H2,1-3H3/t20-,21-,22-,23-,24-,25-,26-,28-,29-/m0/s1. The molecular weight excluding hydrogens is 424 g/mol. The number of nitrogens with zero attached hydrogens (tertiary/aromatic N) is 2. The van der Waals surface area contributed by atoms with Crippen LogP contribution in [0.25, 0.3) is 0 Å². The van der Waals surface area contributed by atoms with Crippen molar-refractivity contribution < 1.29 is 15.0 Å². The summed E-state index contributed by atoms with van der Waals surface area (Å²) in [4.78, 5) is 17.2. The molecule has 4 saturated carbocycles. The number of hydrogen-bond donors (Lipinski definition) is 2. The van der Waals surface area contributed by atoms with Gasteiger partial charge in [-0.15, -0.1) is 0 Å². The Morgan fingerprint density at radius 2 is 1.65 bits per heavy atom. The summed E-state index contributed by atoms with van der Waals surface area (Å²) in [5.74, 6) is 3.14. The van der Waals surface area contributed by atoms with Gasteiger partial charge in [-0.05, 0) is 92.3 Å². The van der Waals surface area contributed by atoms with E-state index in [-0.39, 0.29) is 23.7 Å². The molecule has 2 N–H and O–H groups in total. The average molecular weight is 475 g/mol. The number of carbonyl (C=O) groups is 1. The number of fused-ring (bicyclic) bond motifs is 5. The topological polar surface area (TPSA) is 64.0 Å². The third kappa shape index (κ3) is 4.16. The Balaban J connectivity index is 1.25. The maximum atomic E-state index is 12.6. The van der Waals surface area contributed by atoms with Crippen molar-refractivity contribution in [1.82, 2.24) is 9.80 Å². The molecule has 34 heavy (non-hydrogen) atoms. The summed E-state index contributed by atoms with van der Waals surface area (Å²) in [6.07, 6.45) is 12.9. The second-order valence-corrected chi connectivity index (χ2v) is 13.2. The largest absolute Gasteiger partial charge is 0.393 e. The van der Waals surface area contributed by atoms with Gasteiger partial charge in [0.1, 0.15) is 0 Å². The van der Waals surface area contributed by atoms with Gasteiger partial charge in [0.25, 0.3) is 0 Å². The fraction of sp³-hybridized carbons (Fsp3) is 0.966. The molecular formula is C29H50N2O3. The van der Waals surface area contributed by atoms with Gasteiger partial charge in [0.2, 0.25) is 5.91 Å². The quantitative estimate of drug-likeness (QED) is 0.578. The third-order valence-electron chi connectivity index (χ3n) is 11.8. The average Bonchev–Trinajstić information content (AvgIpc) is 3.14. The zero-order valence-corrected chi connectivity index (χ0v) is 22.1. The van der Waals surface area contributed by atoms with E-state index in [9.17, 15) is 15.0 Å². The first kappa shape index (κ1) is 25.0. The first-order valence-electron chi connectivity index (χ1n) is 14.7. The molecule has 1 saturated heterocycles. The van der Waals surface area contributed by atoms with Crippen LogP contribution >= 0.6 is 0 Å². The van der Waals surface area contributed by atoms with E-state index in [0.29, 0.717) is 29.6 Å². The summed E-state index contributed by atoms with van der Waals surface area (Å²) in [6, 6.07) is 0.236. The maximum absolute atomic E-state index is 12.6. The van der Waals surface area contributed by atoms with Crippen LogP contribution < -0.4 is 0 Å². The predicted molar refractivity (Wildman–Crippen MR) is 135 cm³/mol. The monoisotopic (exact) mass is 474 g/mol. The lowest BCUT2D eigenvalue weighted by molar-refractivity contribution is -0.156.